The minimum Gasteiger partial charge on any atom is -0.493 e. The molecule has 2 aromatic rings. The SMILES string of the molecule is C=CCOc1c(C)c2c(c3c1CC1[C@@H]4c5c(cc(C)c(OC)c5OCOC)C[C@H]([C@H](C#N)N1[C@H]3CO)N4C)OCO2. The molecule has 0 radical (unpaired) electrons. The average molecular weight is 564 g/mol. The van der Waals surface area contributed by atoms with E-state index in [2.05, 4.69) is 35.6 Å². The Bertz CT molecular complexity index is 1420. The predicted octanol–water partition coefficient (Wildman–Crippen LogP) is 3.35. The van der Waals surface area contributed by atoms with E-state index in [1.54, 1.807) is 20.3 Å². The number of methoxy groups -OCH3 is 2. The molecule has 2 bridgehead atoms. The van der Waals surface area contributed by atoms with Crippen molar-refractivity contribution >= 4 is 0 Å². The van der Waals surface area contributed by atoms with Crippen molar-refractivity contribution in [2.24, 2.45) is 0 Å². The molecule has 0 amide bonds. The molecule has 5 atom stereocenters. The number of ether oxygens (including phenoxy) is 6. The Hall–Kier alpha value is -3.49. The van der Waals surface area contributed by atoms with Gasteiger partial charge in [0.15, 0.2) is 29.8 Å². The fourth-order valence-electron chi connectivity index (χ4n) is 7.58. The number of hydrogen-bond donors (Lipinski definition) is 1. The van der Waals surface area contributed by atoms with Crippen molar-refractivity contribution in [3.63, 3.8) is 0 Å². The highest BCUT2D eigenvalue weighted by Crippen LogP contribution is 2.58. The molecule has 0 aromatic heterocycles. The van der Waals surface area contributed by atoms with E-state index in [9.17, 15) is 10.4 Å². The number of nitrogens with zero attached hydrogens (tertiary/aromatic N) is 3. The van der Waals surface area contributed by atoms with Crippen molar-refractivity contribution < 1.29 is 33.5 Å². The first kappa shape index (κ1) is 27.7. The lowest BCUT2D eigenvalue weighted by atomic mass is 9.71. The van der Waals surface area contributed by atoms with Crippen molar-refractivity contribution in [3.05, 3.63) is 52.1 Å². The van der Waals surface area contributed by atoms with Crippen molar-refractivity contribution in [2.45, 2.75) is 56.9 Å². The molecule has 1 fully saturated rings. The molecular weight excluding hydrogens is 526 g/mol. The van der Waals surface area contributed by atoms with Crippen LogP contribution in [-0.2, 0) is 17.6 Å². The van der Waals surface area contributed by atoms with Gasteiger partial charge in [-0.15, -0.1) is 0 Å². The lowest BCUT2D eigenvalue weighted by Crippen LogP contribution is -2.68. The third-order valence-corrected chi connectivity index (χ3v) is 9.09. The summed E-state index contributed by atoms with van der Waals surface area (Å²) in [4.78, 5) is 4.50. The molecule has 6 rings (SSSR count). The molecule has 0 spiro atoms. The van der Waals surface area contributed by atoms with Gasteiger partial charge < -0.3 is 33.5 Å². The minimum absolute atomic E-state index is 0.0750. The van der Waals surface area contributed by atoms with E-state index in [1.807, 2.05) is 13.8 Å². The largest absolute Gasteiger partial charge is 0.493 e. The molecule has 4 aliphatic heterocycles. The number of aryl methyl sites for hydroxylation is 1. The molecule has 1 unspecified atom stereocenters. The van der Waals surface area contributed by atoms with E-state index in [1.165, 1.54) is 0 Å². The minimum atomic E-state index is -0.494. The second-order valence-electron chi connectivity index (χ2n) is 11.1. The lowest BCUT2D eigenvalue weighted by Gasteiger charge is -2.59. The highest BCUT2D eigenvalue weighted by atomic mass is 16.7. The van der Waals surface area contributed by atoms with Gasteiger partial charge in [0.2, 0.25) is 6.79 Å². The van der Waals surface area contributed by atoms with E-state index >= 15 is 0 Å². The zero-order valence-corrected chi connectivity index (χ0v) is 24.2. The molecule has 2 aromatic carbocycles. The molecular formula is C31H37N3O7. The van der Waals surface area contributed by atoms with Gasteiger partial charge in [-0.2, -0.15) is 5.26 Å². The third kappa shape index (κ3) is 3.98. The van der Waals surface area contributed by atoms with Crippen LogP contribution in [0, 0.1) is 25.2 Å². The summed E-state index contributed by atoms with van der Waals surface area (Å²) in [5.41, 5.74) is 5.78. The van der Waals surface area contributed by atoms with E-state index in [4.69, 9.17) is 28.4 Å². The smallest absolute Gasteiger partial charge is 0.231 e. The van der Waals surface area contributed by atoms with Crippen LogP contribution in [0.5, 0.6) is 28.7 Å². The van der Waals surface area contributed by atoms with Crippen LogP contribution in [0.1, 0.15) is 45.5 Å². The summed E-state index contributed by atoms with van der Waals surface area (Å²) in [7, 11) is 5.32. The number of benzene rings is 2. The molecule has 0 aliphatic carbocycles. The summed E-state index contributed by atoms with van der Waals surface area (Å²) in [5.74, 6) is 3.30. The first-order valence-electron chi connectivity index (χ1n) is 13.9. The van der Waals surface area contributed by atoms with E-state index < -0.39 is 12.1 Å². The standard InChI is InChI=1S/C31H37N3O7/c1-7-8-38-28-17(3)29-31(41-15-40-29)25-19(28)11-21-26-24-18(9-16(2)27(37-6)30(24)39-14-36-5)10-20(33(26)4)22(12-32)34(21)23(25)13-35/h7,9,20-23,26,35H,1,8,10-11,13-15H2,2-6H3/t20-,21?,22+,23+,26-/m1/s1. The van der Waals surface area contributed by atoms with E-state index in [0.717, 1.165) is 33.4 Å². The maximum absolute atomic E-state index is 11.0. The van der Waals surface area contributed by atoms with Crippen molar-refractivity contribution in [1.29, 1.82) is 5.26 Å². The number of hydrogen-bond acceptors (Lipinski definition) is 10. The van der Waals surface area contributed by atoms with Gasteiger partial charge in [-0.25, -0.2) is 0 Å². The average Bonchev–Trinajstić information content (AvgIpc) is 3.46. The predicted molar refractivity (Wildman–Crippen MR) is 150 cm³/mol. The number of aliphatic hydroxyl groups excluding tert-OH is 1. The fraction of sp³-hybridized carbons (Fsp3) is 0.516. The Morgan fingerprint density at radius 2 is 1.88 bits per heavy atom. The van der Waals surface area contributed by atoms with Gasteiger partial charge in [0.25, 0.3) is 0 Å². The second kappa shape index (κ2) is 10.7. The molecule has 1 saturated heterocycles. The number of piperazine rings is 1. The monoisotopic (exact) mass is 563 g/mol. The Labute approximate surface area is 240 Å². The fourth-order valence-corrected chi connectivity index (χ4v) is 7.58. The van der Waals surface area contributed by atoms with Gasteiger partial charge in [-0.05, 0) is 44.9 Å². The Morgan fingerprint density at radius 1 is 1.10 bits per heavy atom. The Morgan fingerprint density at radius 3 is 2.56 bits per heavy atom. The molecule has 4 heterocycles. The lowest BCUT2D eigenvalue weighted by molar-refractivity contribution is -0.0832. The van der Waals surface area contributed by atoms with Gasteiger partial charge >= 0.3 is 0 Å². The highest BCUT2D eigenvalue weighted by Gasteiger charge is 2.56. The Balaban J connectivity index is 1.60. The summed E-state index contributed by atoms with van der Waals surface area (Å²) >= 11 is 0. The van der Waals surface area contributed by atoms with Crippen LogP contribution in [0.15, 0.2) is 18.7 Å². The molecule has 10 nitrogen and oxygen atoms in total. The van der Waals surface area contributed by atoms with Crippen LogP contribution >= 0.6 is 0 Å². The summed E-state index contributed by atoms with van der Waals surface area (Å²) in [6.45, 7) is 8.11. The Kier molecular flexibility index (Phi) is 7.24. The summed E-state index contributed by atoms with van der Waals surface area (Å²) in [5, 5.41) is 21.6. The molecule has 41 heavy (non-hydrogen) atoms. The molecule has 1 N–H and O–H groups in total. The number of fused-ring (bicyclic) bond motifs is 9. The van der Waals surface area contributed by atoms with Crippen LogP contribution in [0.25, 0.3) is 0 Å². The van der Waals surface area contributed by atoms with E-state index in [-0.39, 0.29) is 38.3 Å². The van der Waals surface area contributed by atoms with Crippen LogP contribution in [0.4, 0.5) is 0 Å². The van der Waals surface area contributed by atoms with Gasteiger partial charge in [-0.3, -0.25) is 9.80 Å². The van der Waals surface area contributed by atoms with Gasteiger partial charge in [0.05, 0.1) is 31.9 Å². The zero-order chi connectivity index (χ0) is 29.0. The molecule has 0 saturated carbocycles. The molecule has 4 aliphatic rings. The van der Waals surface area contributed by atoms with Crippen LogP contribution in [0.2, 0.25) is 0 Å². The van der Waals surface area contributed by atoms with Crippen molar-refractivity contribution in [1.82, 2.24) is 9.80 Å². The van der Waals surface area contributed by atoms with Gasteiger partial charge in [-0.1, -0.05) is 18.7 Å². The van der Waals surface area contributed by atoms with Gasteiger partial charge in [0.1, 0.15) is 18.4 Å². The van der Waals surface area contributed by atoms with Crippen molar-refractivity contribution in [3.8, 4) is 34.8 Å². The maximum Gasteiger partial charge on any atom is 0.231 e. The third-order valence-electron chi connectivity index (χ3n) is 9.09. The topological polar surface area (TPSA) is 106 Å². The maximum atomic E-state index is 11.0. The van der Waals surface area contributed by atoms with E-state index in [0.29, 0.717) is 48.2 Å². The van der Waals surface area contributed by atoms with Crippen molar-refractivity contribution in [2.75, 3.05) is 48.1 Å². The molecule has 10 heteroatoms. The number of likely N-dealkylation sites (N-methyl/N-ethyl adjacent to an activating group) is 1. The number of nitriles is 1. The number of rotatable bonds is 8. The van der Waals surface area contributed by atoms with Crippen LogP contribution in [0.3, 0.4) is 0 Å². The summed E-state index contributed by atoms with van der Waals surface area (Å²) in [6, 6.07) is 3.36. The van der Waals surface area contributed by atoms with Crippen LogP contribution < -0.4 is 23.7 Å². The second-order valence-corrected chi connectivity index (χ2v) is 11.1. The summed E-state index contributed by atoms with van der Waals surface area (Å²) in [6.07, 6.45) is 2.93. The van der Waals surface area contributed by atoms with Crippen LogP contribution in [-0.4, -0.2) is 81.1 Å². The normalized spacial score (nSPS) is 25.9. The van der Waals surface area contributed by atoms with Gasteiger partial charge in [0, 0.05) is 41.4 Å². The number of aliphatic hydroxyl groups is 1. The molecule has 218 valence electrons. The summed E-state index contributed by atoms with van der Waals surface area (Å²) < 4.78 is 35.6. The first-order chi connectivity index (χ1) is 19.9. The quantitative estimate of drug-likeness (QED) is 0.380. The highest BCUT2D eigenvalue weighted by molar-refractivity contribution is 5.66. The zero-order valence-electron chi connectivity index (χ0n) is 24.2. The first-order valence-corrected chi connectivity index (χ1v) is 13.9.